The molecule has 4 atom stereocenters. The minimum absolute atomic E-state index is 0.166. The van der Waals surface area contributed by atoms with Gasteiger partial charge in [0.1, 0.15) is 0 Å². The number of amides is 1. The lowest BCUT2D eigenvalue weighted by molar-refractivity contribution is -0.158. The highest BCUT2D eigenvalue weighted by Crippen LogP contribution is 2.64. The van der Waals surface area contributed by atoms with Crippen molar-refractivity contribution in [3.05, 3.63) is 35.4 Å². The van der Waals surface area contributed by atoms with E-state index in [4.69, 9.17) is 0 Å². The van der Waals surface area contributed by atoms with Gasteiger partial charge in [-0.25, -0.2) is 0 Å². The lowest BCUT2D eigenvalue weighted by Crippen LogP contribution is -2.60. The molecule has 4 fully saturated rings. The fraction of sp³-hybridized carbons (Fsp3) is 0.611. The third kappa shape index (κ3) is 1.15. The van der Waals surface area contributed by atoms with Crippen LogP contribution in [-0.4, -0.2) is 17.9 Å². The summed E-state index contributed by atoms with van der Waals surface area (Å²) < 4.78 is 0. The Bertz CT molecular complexity index is 587. The molecule has 6 aliphatic rings. The van der Waals surface area contributed by atoms with Crippen LogP contribution in [0.3, 0.4) is 0 Å². The fourth-order valence-electron chi connectivity index (χ4n) is 6.11. The predicted molar refractivity (Wildman–Crippen MR) is 77.1 cm³/mol. The Morgan fingerprint density at radius 2 is 1.55 bits per heavy atom. The Hall–Kier alpha value is -1.31. The lowest BCUT2D eigenvalue weighted by atomic mass is 9.47. The van der Waals surface area contributed by atoms with Crippen LogP contribution in [0.5, 0.6) is 0 Å². The van der Waals surface area contributed by atoms with Gasteiger partial charge in [0, 0.05) is 7.05 Å². The van der Waals surface area contributed by atoms with Crippen LogP contribution < -0.4 is 0 Å². The summed E-state index contributed by atoms with van der Waals surface area (Å²) in [6, 6.07) is 9.11. The average molecular weight is 267 g/mol. The van der Waals surface area contributed by atoms with Gasteiger partial charge < -0.3 is 4.90 Å². The normalized spacial score (nSPS) is 44.5. The molecule has 2 nitrogen and oxygen atoms in total. The van der Waals surface area contributed by atoms with E-state index in [0.29, 0.717) is 17.9 Å². The van der Waals surface area contributed by atoms with E-state index in [9.17, 15) is 4.79 Å². The topological polar surface area (TPSA) is 20.3 Å². The second-order valence-electron chi connectivity index (χ2n) is 7.33. The van der Waals surface area contributed by atoms with Crippen LogP contribution in [0.2, 0.25) is 0 Å². The van der Waals surface area contributed by atoms with Crippen LogP contribution in [0.1, 0.15) is 48.8 Å². The first-order valence-corrected chi connectivity index (χ1v) is 8.13. The van der Waals surface area contributed by atoms with Crippen molar-refractivity contribution in [1.82, 2.24) is 4.90 Å². The number of fused-ring (bicyclic) bond motifs is 3. The molecule has 1 aromatic rings. The SMILES string of the molecule is CN1C(=O)[C@@H]2c3ccccc3[C@H]1[C@@H]1C3CCC(CC3)[C@@H]12. The number of benzene rings is 1. The Morgan fingerprint density at radius 3 is 2.25 bits per heavy atom. The van der Waals surface area contributed by atoms with Gasteiger partial charge in [-0.15, -0.1) is 0 Å². The summed E-state index contributed by atoms with van der Waals surface area (Å²) in [4.78, 5) is 14.9. The highest BCUT2D eigenvalue weighted by molar-refractivity contribution is 5.88. The zero-order valence-corrected chi connectivity index (χ0v) is 12.0. The number of piperidine rings is 1. The molecule has 2 heterocycles. The molecule has 4 aliphatic carbocycles. The van der Waals surface area contributed by atoms with Gasteiger partial charge in [0.2, 0.25) is 5.91 Å². The third-order valence-corrected chi connectivity index (χ3v) is 6.78. The quantitative estimate of drug-likeness (QED) is 0.706. The minimum atomic E-state index is 0.166. The van der Waals surface area contributed by atoms with Crippen LogP contribution in [0.4, 0.5) is 0 Å². The van der Waals surface area contributed by atoms with E-state index < -0.39 is 0 Å². The smallest absolute Gasteiger partial charge is 0.230 e. The molecule has 1 aromatic carbocycles. The van der Waals surface area contributed by atoms with Gasteiger partial charge in [0.15, 0.2) is 0 Å². The zero-order valence-electron chi connectivity index (χ0n) is 12.0. The van der Waals surface area contributed by atoms with Crippen molar-refractivity contribution in [3.63, 3.8) is 0 Å². The molecule has 7 rings (SSSR count). The van der Waals surface area contributed by atoms with Crippen molar-refractivity contribution in [2.75, 3.05) is 7.05 Å². The zero-order chi connectivity index (χ0) is 13.4. The molecule has 1 amide bonds. The van der Waals surface area contributed by atoms with Gasteiger partial charge >= 0.3 is 0 Å². The molecule has 0 N–H and O–H groups in total. The number of hydrogen-bond acceptors (Lipinski definition) is 1. The van der Waals surface area contributed by atoms with Crippen LogP contribution in [0, 0.1) is 23.7 Å². The summed E-state index contributed by atoms with van der Waals surface area (Å²) in [5.74, 6) is 3.61. The maximum Gasteiger partial charge on any atom is 0.230 e. The monoisotopic (exact) mass is 267 g/mol. The molecule has 1 saturated heterocycles. The molecular weight excluding hydrogens is 246 g/mol. The Kier molecular flexibility index (Phi) is 2.08. The fourth-order valence-corrected chi connectivity index (χ4v) is 6.11. The van der Waals surface area contributed by atoms with Crippen molar-refractivity contribution in [1.29, 1.82) is 0 Å². The summed E-state index contributed by atoms with van der Waals surface area (Å²) in [6.07, 6.45) is 5.54. The first-order valence-electron chi connectivity index (χ1n) is 8.13. The van der Waals surface area contributed by atoms with E-state index in [1.165, 1.54) is 36.8 Å². The first kappa shape index (κ1) is 11.4. The van der Waals surface area contributed by atoms with Crippen LogP contribution in [0.25, 0.3) is 0 Å². The van der Waals surface area contributed by atoms with E-state index >= 15 is 0 Å². The van der Waals surface area contributed by atoms with Crippen LogP contribution in [0.15, 0.2) is 24.3 Å². The number of carbonyl (C=O) groups is 1. The predicted octanol–water partition coefficient (Wildman–Crippen LogP) is 3.35. The molecule has 2 heteroatoms. The summed E-state index contributed by atoms with van der Waals surface area (Å²) in [5.41, 5.74) is 2.81. The van der Waals surface area contributed by atoms with Crippen LogP contribution >= 0.6 is 0 Å². The van der Waals surface area contributed by atoms with Crippen LogP contribution in [-0.2, 0) is 4.79 Å². The number of carbonyl (C=O) groups excluding carboxylic acids is 1. The molecule has 0 aromatic heterocycles. The second kappa shape index (κ2) is 3.66. The Labute approximate surface area is 120 Å². The summed E-state index contributed by atoms with van der Waals surface area (Å²) in [6.45, 7) is 0. The van der Waals surface area contributed by atoms with E-state index in [2.05, 4.69) is 29.2 Å². The maximum absolute atomic E-state index is 12.8. The van der Waals surface area contributed by atoms with Crippen molar-refractivity contribution in [2.45, 2.75) is 37.6 Å². The largest absolute Gasteiger partial charge is 0.338 e. The third-order valence-electron chi connectivity index (χ3n) is 6.78. The Balaban J connectivity index is 1.75. The average Bonchev–Trinajstić information content (AvgIpc) is 2.51. The summed E-state index contributed by atoms with van der Waals surface area (Å²) in [7, 11) is 2.04. The number of rotatable bonds is 0. The van der Waals surface area contributed by atoms with Gasteiger partial charge in [-0.3, -0.25) is 4.79 Å². The molecule has 104 valence electrons. The molecule has 0 spiro atoms. The second-order valence-corrected chi connectivity index (χ2v) is 7.33. The van der Waals surface area contributed by atoms with Gasteiger partial charge in [0.05, 0.1) is 12.0 Å². The molecule has 4 bridgehead atoms. The molecule has 20 heavy (non-hydrogen) atoms. The van der Waals surface area contributed by atoms with Crippen molar-refractivity contribution < 1.29 is 4.79 Å². The van der Waals surface area contributed by atoms with Gasteiger partial charge in [-0.1, -0.05) is 24.3 Å². The van der Waals surface area contributed by atoms with Crippen molar-refractivity contribution in [3.8, 4) is 0 Å². The van der Waals surface area contributed by atoms with Gasteiger partial charge in [-0.2, -0.15) is 0 Å². The highest BCUT2D eigenvalue weighted by Gasteiger charge is 2.60. The lowest BCUT2D eigenvalue weighted by Gasteiger charge is -2.62. The number of nitrogens with zero attached hydrogens (tertiary/aromatic N) is 1. The van der Waals surface area contributed by atoms with E-state index in [1.54, 1.807) is 0 Å². The van der Waals surface area contributed by atoms with E-state index in [1.807, 2.05) is 7.05 Å². The number of likely N-dealkylation sites (N-methyl/N-ethyl adjacent to an activating group) is 1. The van der Waals surface area contributed by atoms with Gasteiger partial charge in [-0.05, 0) is 60.5 Å². The molecule has 3 saturated carbocycles. The molecular formula is C18H21NO. The molecule has 2 aliphatic heterocycles. The van der Waals surface area contributed by atoms with Crippen molar-refractivity contribution >= 4 is 5.91 Å². The standard InChI is InChI=1S/C18H21NO/c1-19-17-13-5-3-2-4-12(13)16(18(19)20)14-10-6-8-11(9-7-10)15(14)17/h2-5,10-11,14-17H,6-9H2,1H3/t10?,11?,14-,15+,16+,17-/m0/s1. The summed E-state index contributed by atoms with van der Waals surface area (Å²) in [5, 5.41) is 0. The Morgan fingerprint density at radius 1 is 0.950 bits per heavy atom. The molecule has 0 unspecified atom stereocenters. The van der Waals surface area contributed by atoms with Gasteiger partial charge in [0.25, 0.3) is 0 Å². The minimum Gasteiger partial charge on any atom is -0.338 e. The van der Waals surface area contributed by atoms with E-state index in [0.717, 1.165) is 17.8 Å². The first-order chi connectivity index (χ1) is 9.77. The number of hydrogen-bond donors (Lipinski definition) is 0. The van der Waals surface area contributed by atoms with Crippen molar-refractivity contribution in [2.24, 2.45) is 23.7 Å². The maximum atomic E-state index is 12.8. The summed E-state index contributed by atoms with van der Waals surface area (Å²) >= 11 is 0. The molecule has 0 radical (unpaired) electrons. The highest BCUT2D eigenvalue weighted by atomic mass is 16.2. The van der Waals surface area contributed by atoms with E-state index in [-0.39, 0.29) is 5.92 Å².